The predicted molar refractivity (Wildman–Crippen MR) is 72.9 cm³/mol. The molecular weight excluding hydrogens is 242 g/mol. The lowest BCUT2D eigenvalue weighted by Gasteiger charge is -2.20. The number of aromatic nitrogens is 2. The van der Waals surface area contributed by atoms with Crippen molar-refractivity contribution in [3.63, 3.8) is 0 Å². The maximum atomic E-state index is 5.49. The molecule has 5 nitrogen and oxygen atoms in total. The van der Waals surface area contributed by atoms with Crippen molar-refractivity contribution >= 4 is 0 Å². The maximum Gasteiger partial charge on any atom is 0.231 e. The Morgan fingerprint density at radius 1 is 1.42 bits per heavy atom. The molecule has 108 valence electrons. The first-order chi connectivity index (χ1) is 9.21. The van der Waals surface area contributed by atoms with Crippen LogP contribution in [0, 0.1) is 5.92 Å². The minimum atomic E-state index is 0.00362. The highest BCUT2D eigenvalue weighted by molar-refractivity contribution is 5.02. The van der Waals surface area contributed by atoms with Gasteiger partial charge in [0.2, 0.25) is 11.7 Å². The van der Waals surface area contributed by atoms with Crippen LogP contribution in [0.4, 0.5) is 0 Å². The number of hydrogen-bond acceptors (Lipinski definition) is 5. The van der Waals surface area contributed by atoms with Gasteiger partial charge in [-0.05, 0) is 31.7 Å². The zero-order chi connectivity index (χ0) is 13.8. The summed E-state index contributed by atoms with van der Waals surface area (Å²) in [6.45, 7) is 7.37. The Kier molecular flexibility index (Phi) is 4.93. The molecule has 1 aliphatic rings. The van der Waals surface area contributed by atoms with E-state index in [0.717, 1.165) is 13.0 Å². The van der Waals surface area contributed by atoms with Crippen molar-refractivity contribution in [3.8, 4) is 0 Å². The molecule has 0 saturated heterocycles. The van der Waals surface area contributed by atoms with E-state index >= 15 is 0 Å². The summed E-state index contributed by atoms with van der Waals surface area (Å²) in [5.74, 6) is 2.22. The molecule has 1 N–H and O–H groups in total. The third kappa shape index (κ3) is 3.34. The predicted octanol–water partition coefficient (Wildman–Crippen LogP) is 2.66. The third-order valence-electron chi connectivity index (χ3n) is 3.92. The normalized spacial score (nSPS) is 20.2. The van der Waals surface area contributed by atoms with Crippen LogP contribution < -0.4 is 5.32 Å². The molecule has 3 atom stereocenters. The molecule has 2 rings (SSSR count). The van der Waals surface area contributed by atoms with Crippen molar-refractivity contribution in [2.75, 3.05) is 13.7 Å². The van der Waals surface area contributed by atoms with Crippen LogP contribution in [-0.4, -0.2) is 29.8 Å². The van der Waals surface area contributed by atoms with E-state index in [1.54, 1.807) is 7.11 Å². The SMILES string of the molecule is CCNC(CC)C(C)c1nc(C(OC)C2CC2)no1. The lowest BCUT2D eigenvalue weighted by molar-refractivity contribution is 0.0751. The van der Waals surface area contributed by atoms with Crippen LogP contribution in [0.15, 0.2) is 4.52 Å². The van der Waals surface area contributed by atoms with Gasteiger partial charge in [0.05, 0.1) is 5.92 Å². The Hall–Kier alpha value is -0.940. The van der Waals surface area contributed by atoms with Gasteiger partial charge in [-0.2, -0.15) is 4.98 Å². The molecule has 1 aliphatic carbocycles. The molecule has 1 aromatic rings. The molecule has 0 bridgehead atoms. The van der Waals surface area contributed by atoms with E-state index in [1.165, 1.54) is 12.8 Å². The average Bonchev–Trinajstić information content (AvgIpc) is 3.13. The van der Waals surface area contributed by atoms with Crippen LogP contribution in [0.5, 0.6) is 0 Å². The summed E-state index contributed by atoms with van der Waals surface area (Å²) in [5, 5.41) is 7.57. The van der Waals surface area contributed by atoms with Crippen LogP contribution >= 0.6 is 0 Å². The second kappa shape index (κ2) is 6.48. The van der Waals surface area contributed by atoms with Crippen molar-refractivity contribution in [1.82, 2.24) is 15.5 Å². The summed E-state index contributed by atoms with van der Waals surface area (Å²) in [6.07, 6.45) is 3.45. The van der Waals surface area contributed by atoms with Crippen LogP contribution in [0.2, 0.25) is 0 Å². The van der Waals surface area contributed by atoms with Crippen molar-refractivity contribution in [2.24, 2.45) is 5.92 Å². The van der Waals surface area contributed by atoms with E-state index in [0.29, 0.717) is 23.7 Å². The summed E-state index contributed by atoms with van der Waals surface area (Å²) in [4.78, 5) is 4.55. The molecule has 0 radical (unpaired) electrons. The highest BCUT2D eigenvalue weighted by Crippen LogP contribution is 2.42. The van der Waals surface area contributed by atoms with Crippen LogP contribution in [0.25, 0.3) is 0 Å². The van der Waals surface area contributed by atoms with E-state index in [2.05, 4.69) is 36.2 Å². The van der Waals surface area contributed by atoms with Gasteiger partial charge in [-0.1, -0.05) is 25.9 Å². The Balaban J connectivity index is 2.06. The van der Waals surface area contributed by atoms with Gasteiger partial charge in [0.1, 0.15) is 6.10 Å². The zero-order valence-corrected chi connectivity index (χ0v) is 12.3. The van der Waals surface area contributed by atoms with Crippen molar-refractivity contribution in [1.29, 1.82) is 0 Å². The van der Waals surface area contributed by atoms with Crippen LogP contribution in [0.1, 0.15) is 63.8 Å². The Morgan fingerprint density at radius 2 is 2.16 bits per heavy atom. The third-order valence-corrected chi connectivity index (χ3v) is 3.92. The fourth-order valence-corrected chi connectivity index (χ4v) is 2.56. The monoisotopic (exact) mass is 267 g/mol. The van der Waals surface area contributed by atoms with E-state index in [4.69, 9.17) is 9.26 Å². The Morgan fingerprint density at radius 3 is 2.68 bits per heavy atom. The summed E-state index contributed by atoms with van der Waals surface area (Å²) >= 11 is 0. The van der Waals surface area contributed by atoms with E-state index in [9.17, 15) is 0 Å². The fourth-order valence-electron chi connectivity index (χ4n) is 2.56. The van der Waals surface area contributed by atoms with Gasteiger partial charge in [-0.3, -0.25) is 0 Å². The standard InChI is InChI=1S/C14H25N3O2/c1-5-11(15-6-2)9(3)14-16-13(17-19-14)12(18-4)10-7-8-10/h9-12,15H,5-8H2,1-4H3. The number of nitrogens with zero attached hydrogens (tertiary/aromatic N) is 2. The quantitative estimate of drug-likeness (QED) is 0.784. The first-order valence-electron chi connectivity index (χ1n) is 7.30. The topological polar surface area (TPSA) is 60.2 Å². The lowest BCUT2D eigenvalue weighted by Crippen LogP contribution is -2.33. The molecule has 1 saturated carbocycles. The van der Waals surface area contributed by atoms with Crippen molar-refractivity contribution in [2.45, 2.75) is 58.1 Å². The van der Waals surface area contributed by atoms with Gasteiger partial charge in [0, 0.05) is 13.2 Å². The van der Waals surface area contributed by atoms with E-state index in [1.807, 2.05) is 0 Å². The number of hydrogen-bond donors (Lipinski definition) is 1. The Labute approximate surface area is 115 Å². The molecule has 1 aromatic heterocycles. The molecule has 1 fully saturated rings. The summed E-state index contributed by atoms with van der Waals surface area (Å²) in [5.41, 5.74) is 0. The van der Waals surface area contributed by atoms with Gasteiger partial charge < -0.3 is 14.6 Å². The Bertz CT molecular complexity index is 390. The zero-order valence-electron chi connectivity index (χ0n) is 12.3. The number of rotatable bonds is 8. The van der Waals surface area contributed by atoms with Crippen LogP contribution in [0.3, 0.4) is 0 Å². The number of ether oxygens (including phenoxy) is 1. The van der Waals surface area contributed by atoms with Crippen molar-refractivity contribution in [3.05, 3.63) is 11.7 Å². The minimum absolute atomic E-state index is 0.00362. The highest BCUT2D eigenvalue weighted by Gasteiger charge is 2.36. The second-order valence-corrected chi connectivity index (χ2v) is 5.35. The molecule has 5 heteroatoms. The second-order valence-electron chi connectivity index (χ2n) is 5.35. The van der Waals surface area contributed by atoms with E-state index in [-0.39, 0.29) is 12.0 Å². The lowest BCUT2D eigenvalue weighted by atomic mass is 9.99. The molecular formula is C14H25N3O2. The van der Waals surface area contributed by atoms with Gasteiger partial charge in [-0.25, -0.2) is 0 Å². The first kappa shape index (κ1) is 14.5. The number of likely N-dealkylation sites (N-methyl/N-ethyl adjacent to an activating group) is 1. The van der Waals surface area contributed by atoms with Crippen LogP contribution in [-0.2, 0) is 4.74 Å². The van der Waals surface area contributed by atoms with Gasteiger partial charge in [0.25, 0.3) is 0 Å². The highest BCUT2D eigenvalue weighted by atomic mass is 16.5. The average molecular weight is 267 g/mol. The smallest absolute Gasteiger partial charge is 0.231 e. The summed E-state index contributed by atoms with van der Waals surface area (Å²) in [6, 6.07) is 0.375. The summed E-state index contributed by atoms with van der Waals surface area (Å²) in [7, 11) is 1.72. The minimum Gasteiger partial charge on any atom is -0.373 e. The number of nitrogens with one attached hydrogen (secondary N) is 1. The maximum absolute atomic E-state index is 5.49. The van der Waals surface area contributed by atoms with Gasteiger partial charge in [-0.15, -0.1) is 0 Å². The number of methoxy groups -OCH3 is 1. The van der Waals surface area contributed by atoms with E-state index < -0.39 is 0 Å². The fraction of sp³-hybridized carbons (Fsp3) is 0.857. The molecule has 3 unspecified atom stereocenters. The summed E-state index contributed by atoms with van der Waals surface area (Å²) < 4.78 is 10.9. The van der Waals surface area contributed by atoms with Crippen molar-refractivity contribution < 1.29 is 9.26 Å². The molecule has 19 heavy (non-hydrogen) atoms. The van der Waals surface area contributed by atoms with Gasteiger partial charge >= 0.3 is 0 Å². The molecule has 0 aliphatic heterocycles. The molecule has 0 spiro atoms. The largest absolute Gasteiger partial charge is 0.373 e. The molecule has 0 aromatic carbocycles. The molecule has 1 heterocycles. The molecule has 0 amide bonds. The van der Waals surface area contributed by atoms with Gasteiger partial charge in [0.15, 0.2) is 0 Å². The first-order valence-corrected chi connectivity index (χ1v) is 7.30.